The Morgan fingerprint density at radius 3 is 2.92 bits per heavy atom. The first-order valence-corrected chi connectivity index (χ1v) is 4.11. The average Bonchev–Trinajstić information content (AvgIpc) is 2.48. The van der Waals surface area contributed by atoms with Crippen LogP contribution in [0.2, 0.25) is 0 Å². The molecular formula is C10H11FO. The highest BCUT2D eigenvalue weighted by Gasteiger charge is 2.19. The molecule has 2 heteroatoms. The zero-order valence-corrected chi connectivity index (χ0v) is 7.28. The third-order valence-electron chi connectivity index (χ3n) is 2.48. The van der Waals surface area contributed by atoms with E-state index in [9.17, 15) is 4.39 Å². The van der Waals surface area contributed by atoms with Crippen LogP contribution in [-0.2, 0) is 6.42 Å². The largest absolute Gasteiger partial charge is 0.490 e. The van der Waals surface area contributed by atoms with Gasteiger partial charge in [0.15, 0.2) is 11.6 Å². The van der Waals surface area contributed by atoms with Crippen molar-refractivity contribution in [3.63, 3.8) is 0 Å². The number of benzene rings is 1. The van der Waals surface area contributed by atoms with Gasteiger partial charge in [0.2, 0.25) is 0 Å². The summed E-state index contributed by atoms with van der Waals surface area (Å²) in [6, 6.07) is 1.54. The van der Waals surface area contributed by atoms with Crippen LogP contribution in [0.15, 0.2) is 6.07 Å². The zero-order valence-electron chi connectivity index (χ0n) is 7.28. The van der Waals surface area contributed by atoms with Crippen molar-refractivity contribution in [2.75, 3.05) is 6.61 Å². The maximum Gasteiger partial charge on any atom is 0.165 e. The van der Waals surface area contributed by atoms with Crippen LogP contribution in [0.4, 0.5) is 4.39 Å². The van der Waals surface area contributed by atoms with Crippen LogP contribution >= 0.6 is 0 Å². The van der Waals surface area contributed by atoms with Gasteiger partial charge in [-0.25, -0.2) is 4.39 Å². The van der Waals surface area contributed by atoms with Gasteiger partial charge in [-0.3, -0.25) is 0 Å². The molecule has 64 valence electrons. The summed E-state index contributed by atoms with van der Waals surface area (Å²) in [5, 5.41) is 0. The van der Waals surface area contributed by atoms with Crippen molar-refractivity contribution in [1.29, 1.82) is 0 Å². The maximum absolute atomic E-state index is 13.2. The van der Waals surface area contributed by atoms with Crippen molar-refractivity contribution in [1.82, 2.24) is 0 Å². The smallest absolute Gasteiger partial charge is 0.165 e. The molecule has 0 N–H and O–H groups in total. The van der Waals surface area contributed by atoms with Crippen molar-refractivity contribution in [3.05, 3.63) is 28.6 Å². The van der Waals surface area contributed by atoms with E-state index in [1.54, 1.807) is 6.07 Å². The second kappa shape index (κ2) is 2.47. The summed E-state index contributed by atoms with van der Waals surface area (Å²) in [5.74, 6) is 0.253. The first kappa shape index (κ1) is 7.59. The fourth-order valence-corrected chi connectivity index (χ4v) is 1.63. The maximum atomic E-state index is 13.2. The minimum atomic E-state index is -0.217. The van der Waals surface area contributed by atoms with E-state index in [0.717, 1.165) is 17.5 Å². The third kappa shape index (κ3) is 0.909. The van der Waals surface area contributed by atoms with Crippen LogP contribution in [0, 0.1) is 19.7 Å². The van der Waals surface area contributed by atoms with Gasteiger partial charge in [0.1, 0.15) is 0 Å². The summed E-state index contributed by atoms with van der Waals surface area (Å²) in [7, 11) is 0. The van der Waals surface area contributed by atoms with Crippen molar-refractivity contribution >= 4 is 0 Å². The number of ether oxygens (including phenoxy) is 1. The molecule has 0 unspecified atom stereocenters. The van der Waals surface area contributed by atoms with E-state index in [4.69, 9.17) is 4.74 Å². The van der Waals surface area contributed by atoms with Crippen molar-refractivity contribution in [2.45, 2.75) is 20.3 Å². The molecule has 0 amide bonds. The molecule has 0 fully saturated rings. The molecule has 0 radical (unpaired) electrons. The number of hydrogen-bond acceptors (Lipinski definition) is 1. The van der Waals surface area contributed by atoms with E-state index in [0.29, 0.717) is 12.4 Å². The highest BCUT2D eigenvalue weighted by Crippen LogP contribution is 2.32. The summed E-state index contributed by atoms with van der Waals surface area (Å²) in [6.45, 7) is 4.57. The third-order valence-corrected chi connectivity index (χ3v) is 2.48. The molecule has 12 heavy (non-hydrogen) atoms. The molecule has 0 bridgehead atoms. The minimum Gasteiger partial charge on any atom is -0.490 e. The zero-order chi connectivity index (χ0) is 8.72. The summed E-state index contributed by atoms with van der Waals surface area (Å²) in [5.41, 5.74) is 3.23. The Kier molecular flexibility index (Phi) is 1.56. The van der Waals surface area contributed by atoms with Gasteiger partial charge in [-0.15, -0.1) is 0 Å². The quantitative estimate of drug-likeness (QED) is 0.575. The van der Waals surface area contributed by atoms with E-state index in [2.05, 4.69) is 0 Å². The average molecular weight is 166 g/mol. The van der Waals surface area contributed by atoms with Crippen LogP contribution in [-0.4, -0.2) is 6.61 Å². The molecule has 0 aliphatic carbocycles. The standard InChI is InChI=1S/C10H11FO/c1-6-5-9(11)10-8(7(6)2)3-4-12-10/h5H,3-4H2,1-2H3. The second-order valence-corrected chi connectivity index (χ2v) is 3.21. The molecule has 0 atom stereocenters. The number of aryl methyl sites for hydroxylation is 1. The van der Waals surface area contributed by atoms with Gasteiger partial charge in [0.25, 0.3) is 0 Å². The van der Waals surface area contributed by atoms with Crippen molar-refractivity contribution in [2.24, 2.45) is 0 Å². The van der Waals surface area contributed by atoms with Crippen LogP contribution in [0.1, 0.15) is 16.7 Å². The molecule has 2 rings (SSSR count). The Hall–Kier alpha value is -1.05. The topological polar surface area (TPSA) is 9.23 Å². The van der Waals surface area contributed by atoms with E-state index >= 15 is 0 Å². The van der Waals surface area contributed by atoms with Crippen LogP contribution < -0.4 is 4.74 Å². The molecule has 0 saturated heterocycles. The lowest BCUT2D eigenvalue weighted by molar-refractivity contribution is 0.339. The molecule has 0 saturated carbocycles. The highest BCUT2D eigenvalue weighted by atomic mass is 19.1. The van der Waals surface area contributed by atoms with Gasteiger partial charge >= 0.3 is 0 Å². The summed E-state index contributed by atoms with van der Waals surface area (Å²) >= 11 is 0. The van der Waals surface area contributed by atoms with Crippen molar-refractivity contribution < 1.29 is 9.13 Å². The van der Waals surface area contributed by atoms with E-state index in [1.165, 1.54) is 5.56 Å². The van der Waals surface area contributed by atoms with Gasteiger partial charge in [0, 0.05) is 12.0 Å². The SMILES string of the molecule is Cc1cc(F)c2c(c1C)CCO2. The second-order valence-electron chi connectivity index (χ2n) is 3.21. The Morgan fingerprint density at radius 2 is 2.17 bits per heavy atom. The predicted octanol–water partition coefficient (Wildman–Crippen LogP) is 2.38. The van der Waals surface area contributed by atoms with Crippen molar-refractivity contribution in [3.8, 4) is 5.75 Å². The summed E-state index contributed by atoms with van der Waals surface area (Å²) in [4.78, 5) is 0. The lowest BCUT2D eigenvalue weighted by Gasteiger charge is -2.06. The van der Waals surface area contributed by atoms with Gasteiger partial charge in [0.05, 0.1) is 6.61 Å². The predicted molar refractivity (Wildman–Crippen MR) is 45.1 cm³/mol. The Bertz CT molecular complexity index is 331. The molecule has 0 aromatic heterocycles. The van der Waals surface area contributed by atoms with E-state index in [-0.39, 0.29) is 5.82 Å². The number of halogens is 1. The fraction of sp³-hybridized carbons (Fsp3) is 0.400. The molecule has 1 heterocycles. The Labute approximate surface area is 71.2 Å². The monoisotopic (exact) mass is 166 g/mol. The van der Waals surface area contributed by atoms with Crippen LogP contribution in [0.5, 0.6) is 5.75 Å². The molecule has 1 aromatic rings. The molecule has 1 aromatic carbocycles. The number of fused-ring (bicyclic) bond motifs is 1. The molecular weight excluding hydrogens is 155 g/mol. The lowest BCUT2D eigenvalue weighted by Crippen LogP contribution is -1.91. The highest BCUT2D eigenvalue weighted by molar-refractivity contribution is 5.47. The van der Waals surface area contributed by atoms with Crippen LogP contribution in [0.3, 0.4) is 0 Å². The van der Waals surface area contributed by atoms with Crippen LogP contribution in [0.25, 0.3) is 0 Å². The Morgan fingerprint density at radius 1 is 1.42 bits per heavy atom. The molecule has 0 spiro atoms. The Balaban J connectivity index is 2.69. The van der Waals surface area contributed by atoms with Gasteiger partial charge in [-0.1, -0.05) is 0 Å². The molecule has 1 aliphatic rings. The van der Waals surface area contributed by atoms with E-state index in [1.807, 2.05) is 13.8 Å². The lowest BCUT2D eigenvalue weighted by atomic mass is 10.0. The molecule has 1 nitrogen and oxygen atoms in total. The minimum absolute atomic E-state index is 0.217. The van der Waals surface area contributed by atoms with E-state index < -0.39 is 0 Å². The first-order valence-electron chi connectivity index (χ1n) is 4.11. The number of rotatable bonds is 0. The summed E-state index contributed by atoms with van der Waals surface area (Å²) < 4.78 is 18.4. The fourth-order valence-electron chi connectivity index (χ4n) is 1.63. The first-order chi connectivity index (χ1) is 5.70. The van der Waals surface area contributed by atoms with Gasteiger partial charge < -0.3 is 4.74 Å². The number of hydrogen-bond donors (Lipinski definition) is 0. The molecule has 1 aliphatic heterocycles. The van der Waals surface area contributed by atoms with Gasteiger partial charge in [-0.05, 0) is 31.0 Å². The van der Waals surface area contributed by atoms with Gasteiger partial charge in [-0.2, -0.15) is 0 Å². The normalized spacial score (nSPS) is 14.2. The summed E-state index contributed by atoms with van der Waals surface area (Å²) in [6.07, 6.45) is 0.847.